The summed E-state index contributed by atoms with van der Waals surface area (Å²) in [6, 6.07) is 14.8. The van der Waals surface area contributed by atoms with Crippen molar-refractivity contribution in [1.82, 2.24) is 10.3 Å². The molecule has 0 aliphatic heterocycles. The van der Waals surface area contributed by atoms with E-state index in [2.05, 4.69) is 16.4 Å². The van der Waals surface area contributed by atoms with E-state index in [1.54, 1.807) is 18.2 Å². The minimum atomic E-state index is -0.689. The molecule has 1 amide bonds. The Balaban J connectivity index is 1.46. The molecule has 1 saturated carbocycles. The molecule has 0 unspecified atom stereocenters. The summed E-state index contributed by atoms with van der Waals surface area (Å²) in [7, 11) is 0. The Labute approximate surface area is 146 Å². The number of carbonyl (C=O) groups excluding carboxylic acids is 1. The van der Waals surface area contributed by atoms with Crippen LogP contribution in [0.3, 0.4) is 0 Å². The number of aromatic nitrogens is 1. The number of para-hydroxylation sites is 1. The summed E-state index contributed by atoms with van der Waals surface area (Å²) < 4.78 is 14.2. The maximum Gasteiger partial charge on any atom is 0.230 e. The van der Waals surface area contributed by atoms with Crippen molar-refractivity contribution >= 4 is 16.8 Å². The lowest BCUT2D eigenvalue weighted by Gasteiger charge is -2.40. The number of halogens is 1. The molecule has 3 nitrogen and oxygen atoms in total. The molecule has 1 aromatic heterocycles. The van der Waals surface area contributed by atoms with Gasteiger partial charge in [0.15, 0.2) is 0 Å². The maximum absolute atomic E-state index is 14.2. The van der Waals surface area contributed by atoms with Crippen molar-refractivity contribution < 1.29 is 9.18 Å². The van der Waals surface area contributed by atoms with Crippen LogP contribution in [0.2, 0.25) is 0 Å². The van der Waals surface area contributed by atoms with E-state index in [1.165, 1.54) is 17.0 Å². The second-order valence-electron chi connectivity index (χ2n) is 6.78. The average Bonchev–Trinajstić information content (AvgIpc) is 2.99. The molecule has 2 aromatic carbocycles. The first kappa shape index (κ1) is 15.9. The van der Waals surface area contributed by atoms with Gasteiger partial charge in [0.05, 0.1) is 5.41 Å². The molecule has 0 radical (unpaired) electrons. The minimum absolute atomic E-state index is 0.0521. The summed E-state index contributed by atoms with van der Waals surface area (Å²) in [5, 5.41) is 4.22. The van der Waals surface area contributed by atoms with Gasteiger partial charge in [0.1, 0.15) is 5.82 Å². The molecule has 1 fully saturated rings. The largest absolute Gasteiger partial charge is 0.361 e. The fourth-order valence-corrected chi connectivity index (χ4v) is 3.82. The molecule has 4 heteroatoms. The van der Waals surface area contributed by atoms with Crippen LogP contribution in [0.15, 0.2) is 54.7 Å². The number of carbonyl (C=O) groups is 1. The van der Waals surface area contributed by atoms with E-state index in [0.717, 1.165) is 18.4 Å². The fourth-order valence-electron chi connectivity index (χ4n) is 3.82. The Bertz CT molecular complexity index is 911. The molecule has 2 N–H and O–H groups in total. The second-order valence-corrected chi connectivity index (χ2v) is 6.78. The molecule has 3 aromatic rings. The summed E-state index contributed by atoms with van der Waals surface area (Å²) in [6.07, 6.45) is 5.14. The molecule has 128 valence electrons. The molecule has 0 spiro atoms. The van der Waals surface area contributed by atoms with Gasteiger partial charge in [-0.15, -0.1) is 0 Å². The Morgan fingerprint density at radius 3 is 2.64 bits per heavy atom. The molecule has 25 heavy (non-hydrogen) atoms. The van der Waals surface area contributed by atoms with Crippen LogP contribution in [0.1, 0.15) is 30.4 Å². The number of nitrogens with one attached hydrogen (secondary N) is 2. The summed E-state index contributed by atoms with van der Waals surface area (Å²) in [6.45, 7) is 0.552. The number of amides is 1. The standard InChI is InChI=1S/C21H21FN2O/c22-18-8-3-2-7-17(18)21(11-5-12-21)20(25)23-13-10-15-14-24-19-9-4-1-6-16(15)19/h1-4,6-9,14,24H,5,10-13H2,(H,23,25). The first-order valence-electron chi connectivity index (χ1n) is 8.79. The Kier molecular flexibility index (Phi) is 4.04. The van der Waals surface area contributed by atoms with E-state index in [-0.39, 0.29) is 11.7 Å². The zero-order valence-electron chi connectivity index (χ0n) is 14.0. The molecule has 1 aliphatic carbocycles. The molecular weight excluding hydrogens is 315 g/mol. The van der Waals surface area contributed by atoms with Crippen LogP contribution >= 0.6 is 0 Å². The number of H-pyrrole nitrogens is 1. The molecule has 1 heterocycles. The zero-order chi connectivity index (χ0) is 17.3. The monoisotopic (exact) mass is 336 g/mol. The van der Waals surface area contributed by atoms with Gasteiger partial charge >= 0.3 is 0 Å². The Morgan fingerprint density at radius 2 is 1.88 bits per heavy atom. The van der Waals surface area contributed by atoms with Crippen molar-refractivity contribution in [3.63, 3.8) is 0 Å². The van der Waals surface area contributed by atoms with E-state index in [4.69, 9.17) is 0 Å². The van der Waals surface area contributed by atoms with Gasteiger partial charge in [-0.05, 0) is 37.0 Å². The van der Waals surface area contributed by atoms with E-state index >= 15 is 0 Å². The predicted octanol–water partition coefficient (Wildman–Crippen LogP) is 4.09. The smallest absolute Gasteiger partial charge is 0.230 e. The van der Waals surface area contributed by atoms with Gasteiger partial charge < -0.3 is 10.3 Å². The van der Waals surface area contributed by atoms with Crippen molar-refractivity contribution in [3.8, 4) is 0 Å². The average molecular weight is 336 g/mol. The SMILES string of the molecule is O=C(NCCc1c[nH]c2ccccc12)C1(c2ccccc2F)CCC1. The van der Waals surface area contributed by atoms with Crippen LogP contribution < -0.4 is 5.32 Å². The van der Waals surface area contributed by atoms with Crippen molar-refractivity contribution in [2.45, 2.75) is 31.1 Å². The molecule has 4 rings (SSSR count). The van der Waals surface area contributed by atoms with E-state index in [1.807, 2.05) is 24.4 Å². The van der Waals surface area contributed by atoms with E-state index in [9.17, 15) is 9.18 Å². The molecule has 0 atom stereocenters. The Hall–Kier alpha value is -2.62. The quantitative estimate of drug-likeness (QED) is 0.724. The third-order valence-corrected chi connectivity index (χ3v) is 5.39. The zero-order valence-corrected chi connectivity index (χ0v) is 14.0. The van der Waals surface area contributed by atoms with Gasteiger partial charge in [-0.2, -0.15) is 0 Å². The van der Waals surface area contributed by atoms with E-state index < -0.39 is 5.41 Å². The normalized spacial score (nSPS) is 15.7. The van der Waals surface area contributed by atoms with Crippen molar-refractivity contribution in [2.75, 3.05) is 6.54 Å². The lowest BCUT2D eigenvalue weighted by molar-refractivity contribution is -0.130. The van der Waals surface area contributed by atoms with Gasteiger partial charge in [-0.3, -0.25) is 4.79 Å². The molecule has 0 saturated heterocycles. The van der Waals surface area contributed by atoms with Crippen LogP contribution in [0.5, 0.6) is 0 Å². The van der Waals surface area contributed by atoms with Gasteiger partial charge in [0, 0.05) is 29.2 Å². The van der Waals surface area contributed by atoms with Gasteiger partial charge in [0.2, 0.25) is 5.91 Å². The van der Waals surface area contributed by atoms with Crippen LogP contribution in [0.25, 0.3) is 10.9 Å². The summed E-state index contributed by atoms with van der Waals surface area (Å²) in [5.41, 5.74) is 2.13. The lowest BCUT2D eigenvalue weighted by atomic mass is 9.63. The van der Waals surface area contributed by atoms with Crippen molar-refractivity contribution in [2.24, 2.45) is 0 Å². The highest BCUT2D eigenvalue weighted by Gasteiger charge is 2.46. The van der Waals surface area contributed by atoms with Crippen LogP contribution in [0.4, 0.5) is 4.39 Å². The lowest BCUT2D eigenvalue weighted by Crippen LogP contribution is -2.50. The third-order valence-electron chi connectivity index (χ3n) is 5.39. The second kappa shape index (κ2) is 6.36. The summed E-state index contributed by atoms with van der Waals surface area (Å²) in [5.74, 6) is -0.335. The highest BCUT2D eigenvalue weighted by Crippen LogP contribution is 2.44. The van der Waals surface area contributed by atoms with Gasteiger partial charge in [-0.25, -0.2) is 4.39 Å². The van der Waals surface area contributed by atoms with Gasteiger partial charge in [-0.1, -0.05) is 42.8 Å². The number of hydrogen-bond donors (Lipinski definition) is 2. The number of aromatic amines is 1. The van der Waals surface area contributed by atoms with Crippen molar-refractivity contribution in [3.05, 3.63) is 71.7 Å². The maximum atomic E-state index is 14.2. The first-order chi connectivity index (χ1) is 12.2. The highest BCUT2D eigenvalue weighted by molar-refractivity contribution is 5.89. The first-order valence-corrected chi connectivity index (χ1v) is 8.79. The van der Waals surface area contributed by atoms with Crippen LogP contribution in [-0.4, -0.2) is 17.4 Å². The number of fused-ring (bicyclic) bond motifs is 1. The molecular formula is C21H21FN2O. The van der Waals surface area contributed by atoms with E-state index in [0.29, 0.717) is 24.9 Å². The summed E-state index contributed by atoms with van der Waals surface area (Å²) in [4.78, 5) is 16.1. The number of hydrogen-bond acceptors (Lipinski definition) is 1. The van der Waals surface area contributed by atoms with Crippen LogP contribution in [-0.2, 0) is 16.6 Å². The summed E-state index contributed by atoms with van der Waals surface area (Å²) >= 11 is 0. The molecule has 0 bridgehead atoms. The minimum Gasteiger partial charge on any atom is -0.361 e. The Morgan fingerprint density at radius 1 is 1.12 bits per heavy atom. The highest BCUT2D eigenvalue weighted by atomic mass is 19.1. The fraction of sp³-hybridized carbons (Fsp3) is 0.286. The van der Waals surface area contributed by atoms with Gasteiger partial charge in [0.25, 0.3) is 0 Å². The topological polar surface area (TPSA) is 44.9 Å². The predicted molar refractivity (Wildman–Crippen MR) is 96.9 cm³/mol. The van der Waals surface area contributed by atoms with Crippen LogP contribution in [0, 0.1) is 5.82 Å². The number of rotatable bonds is 5. The third kappa shape index (κ3) is 2.72. The molecule has 1 aliphatic rings. The number of benzene rings is 2. The van der Waals surface area contributed by atoms with Crippen molar-refractivity contribution in [1.29, 1.82) is 0 Å².